The number of nitrogens with zero attached hydrogens (tertiary/aromatic N) is 2. The highest BCUT2D eigenvalue weighted by Crippen LogP contribution is 2.35. The van der Waals surface area contributed by atoms with Crippen LogP contribution in [0.4, 0.5) is 4.39 Å². The summed E-state index contributed by atoms with van der Waals surface area (Å²) in [4.78, 5) is 12.8. The van der Waals surface area contributed by atoms with E-state index < -0.39 is 0 Å². The third-order valence-electron chi connectivity index (χ3n) is 4.82. The second kappa shape index (κ2) is 6.99. The quantitative estimate of drug-likeness (QED) is 0.742. The van der Waals surface area contributed by atoms with Crippen molar-refractivity contribution >= 4 is 5.91 Å². The molecule has 1 aliphatic heterocycles. The number of rotatable bonds is 5. The number of aromatic nitrogens is 2. The SMILES string of the molecule is CC(C)Cc1nn(Cc2ccccc2)c2c1C(c1ccc(F)cc1)NC2=O. The molecule has 2 aromatic carbocycles. The summed E-state index contributed by atoms with van der Waals surface area (Å²) in [5, 5.41) is 7.85. The van der Waals surface area contributed by atoms with Crippen molar-refractivity contribution in [2.24, 2.45) is 5.92 Å². The number of benzene rings is 2. The molecule has 0 fully saturated rings. The van der Waals surface area contributed by atoms with E-state index in [4.69, 9.17) is 5.10 Å². The highest BCUT2D eigenvalue weighted by atomic mass is 19.1. The molecule has 5 heteroatoms. The van der Waals surface area contributed by atoms with Crippen LogP contribution in [0, 0.1) is 11.7 Å². The van der Waals surface area contributed by atoms with E-state index in [0.29, 0.717) is 18.2 Å². The van der Waals surface area contributed by atoms with Crippen LogP contribution in [0.5, 0.6) is 0 Å². The van der Waals surface area contributed by atoms with Crippen LogP contribution in [-0.4, -0.2) is 15.7 Å². The minimum Gasteiger partial charge on any atom is -0.340 e. The predicted octanol–water partition coefficient (Wildman–Crippen LogP) is 4.10. The van der Waals surface area contributed by atoms with Crippen LogP contribution >= 0.6 is 0 Å². The maximum Gasteiger partial charge on any atom is 0.270 e. The van der Waals surface area contributed by atoms with E-state index in [1.54, 1.807) is 16.8 Å². The van der Waals surface area contributed by atoms with E-state index in [2.05, 4.69) is 19.2 Å². The maximum atomic E-state index is 13.3. The summed E-state index contributed by atoms with van der Waals surface area (Å²) in [7, 11) is 0. The molecule has 4 rings (SSSR count). The van der Waals surface area contributed by atoms with Gasteiger partial charge in [-0.05, 0) is 35.6 Å². The van der Waals surface area contributed by atoms with E-state index in [9.17, 15) is 9.18 Å². The molecule has 138 valence electrons. The van der Waals surface area contributed by atoms with Gasteiger partial charge in [-0.15, -0.1) is 0 Å². The molecule has 1 N–H and O–H groups in total. The van der Waals surface area contributed by atoms with Gasteiger partial charge in [-0.2, -0.15) is 5.10 Å². The first-order valence-corrected chi connectivity index (χ1v) is 9.22. The van der Waals surface area contributed by atoms with Crippen LogP contribution < -0.4 is 5.32 Å². The number of amides is 1. The van der Waals surface area contributed by atoms with Crippen molar-refractivity contribution in [1.82, 2.24) is 15.1 Å². The summed E-state index contributed by atoms with van der Waals surface area (Å²) >= 11 is 0. The highest BCUT2D eigenvalue weighted by Gasteiger charge is 2.37. The predicted molar refractivity (Wildman–Crippen MR) is 102 cm³/mol. The topological polar surface area (TPSA) is 46.9 Å². The summed E-state index contributed by atoms with van der Waals surface area (Å²) in [6.45, 7) is 4.82. The summed E-state index contributed by atoms with van der Waals surface area (Å²) in [6, 6.07) is 16.0. The van der Waals surface area contributed by atoms with Gasteiger partial charge in [0.25, 0.3) is 5.91 Å². The molecule has 0 spiro atoms. The van der Waals surface area contributed by atoms with Gasteiger partial charge in [-0.25, -0.2) is 4.39 Å². The Morgan fingerprint density at radius 3 is 2.48 bits per heavy atom. The van der Waals surface area contributed by atoms with Crippen LogP contribution in [0.3, 0.4) is 0 Å². The Morgan fingerprint density at radius 1 is 1.11 bits per heavy atom. The van der Waals surface area contributed by atoms with Gasteiger partial charge < -0.3 is 5.32 Å². The highest BCUT2D eigenvalue weighted by molar-refractivity contribution is 5.98. The Morgan fingerprint density at radius 2 is 1.81 bits per heavy atom. The molecule has 0 saturated heterocycles. The molecule has 3 aromatic rings. The summed E-state index contributed by atoms with van der Waals surface area (Å²) in [6.07, 6.45) is 0.788. The van der Waals surface area contributed by atoms with Crippen molar-refractivity contribution in [2.75, 3.05) is 0 Å². The van der Waals surface area contributed by atoms with Crippen molar-refractivity contribution in [2.45, 2.75) is 32.9 Å². The van der Waals surface area contributed by atoms with Crippen LogP contribution in [0.25, 0.3) is 0 Å². The molecule has 0 aliphatic carbocycles. The number of hydrogen-bond acceptors (Lipinski definition) is 2. The molecule has 1 aliphatic rings. The largest absolute Gasteiger partial charge is 0.340 e. The normalized spacial score (nSPS) is 15.9. The molecule has 0 radical (unpaired) electrons. The second-order valence-electron chi connectivity index (χ2n) is 7.41. The number of carbonyl (C=O) groups excluding carboxylic acids is 1. The summed E-state index contributed by atoms with van der Waals surface area (Å²) < 4.78 is 15.1. The molecule has 2 heterocycles. The fraction of sp³-hybridized carbons (Fsp3) is 0.273. The Labute approximate surface area is 158 Å². The molecule has 1 amide bonds. The summed E-state index contributed by atoms with van der Waals surface area (Å²) in [5.74, 6) is 0.00183. The zero-order chi connectivity index (χ0) is 19.0. The minimum atomic E-state index is -0.287. The standard InChI is InChI=1S/C22H22FN3O/c1-14(2)12-18-19-20(16-8-10-17(23)11-9-16)24-22(27)21(19)26(25-18)13-15-6-4-3-5-7-15/h3-11,14,20H,12-13H2,1-2H3,(H,24,27). The first kappa shape index (κ1) is 17.5. The van der Waals surface area contributed by atoms with E-state index in [1.807, 2.05) is 30.3 Å². The average Bonchev–Trinajstić information content (AvgIpc) is 3.16. The second-order valence-corrected chi connectivity index (χ2v) is 7.41. The lowest BCUT2D eigenvalue weighted by Crippen LogP contribution is -2.23. The van der Waals surface area contributed by atoms with Crippen LogP contribution in [0.15, 0.2) is 54.6 Å². The Hall–Kier alpha value is -2.95. The number of nitrogens with one attached hydrogen (secondary N) is 1. The van der Waals surface area contributed by atoms with Gasteiger partial charge in [0.2, 0.25) is 0 Å². The molecule has 1 aromatic heterocycles. The fourth-order valence-corrected chi connectivity index (χ4v) is 3.65. The van der Waals surface area contributed by atoms with Crippen molar-refractivity contribution in [1.29, 1.82) is 0 Å². The third-order valence-corrected chi connectivity index (χ3v) is 4.82. The molecular formula is C22H22FN3O. The molecule has 0 saturated carbocycles. The van der Waals surface area contributed by atoms with Gasteiger partial charge in [-0.3, -0.25) is 9.48 Å². The number of hydrogen-bond donors (Lipinski definition) is 1. The van der Waals surface area contributed by atoms with Gasteiger partial charge in [0.1, 0.15) is 11.5 Å². The fourth-order valence-electron chi connectivity index (χ4n) is 3.65. The molecule has 27 heavy (non-hydrogen) atoms. The van der Waals surface area contributed by atoms with Gasteiger partial charge in [0, 0.05) is 5.56 Å². The minimum absolute atomic E-state index is 0.127. The average molecular weight is 363 g/mol. The van der Waals surface area contributed by atoms with Gasteiger partial charge >= 0.3 is 0 Å². The van der Waals surface area contributed by atoms with Crippen LogP contribution in [0.2, 0.25) is 0 Å². The molecule has 4 nitrogen and oxygen atoms in total. The van der Waals surface area contributed by atoms with Crippen molar-refractivity contribution in [3.63, 3.8) is 0 Å². The lowest BCUT2D eigenvalue weighted by molar-refractivity contribution is 0.0950. The Balaban J connectivity index is 1.79. The van der Waals surface area contributed by atoms with E-state index in [1.165, 1.54) is 12.1 Å². The van der Waals surface area contributed by atoms with E-state index in [-0.39, 0.29) is 17.8 Å². The molecule has 1 atom stereocenters. The third kappa shape index (κ3) is 3.37. The van der Waals surface area contributed by atoms with Gasteiger partial charge in [0.15, 0.2) is 0 Å². The van der Waals surface area contributed by atoms with E-state index >= 15 is 0 Å². The molecule has 1 unspecified atom stereocenters. The zero-order valence-electron chi connectivity index (χ0n) is 15.4. The van der Waals surface area contributed by atoms with E-state index in [0.717, 1.165) is 28.8 Å². The van der Waals surface area contributed by atoms with Crippen LogP contribution in [0.1, 0.15) is 52.8 Å². The maximum absolute atomic E-state index is 13.3. The molecular weight excluding hydrogens is 341 g/mol. The summed E-state index contributed by atoms with van der Waals surface area (Å²) in [5.41, 5.74) is 4.44. The lowest BCUT2D eigenvalue weighted by Gasteiger charge is -2.14. The zero-order valence-corrected chi connectivity index (χ0v) is 15.4. The Bertz CT molecular complexity index is 961. The first-order chi connectivity index (χ1) is 13.0. The smallest absolute Gasteiger partial charge is 0.270 e. The molecule has 0 bridgehead atoms. The van der Waals surface area contributed by atoms with Crippen molar-refractivity contribution < 1.29 is 9.18 Å². The number of fused-ring (bicyclic) bond motifs is 1. The Kier molecular flexibility index (Phi) is 4.52. The monoisotopic (exact) mass is 363 g/mol. The lowest BCUT2D eigenvalue weighted by atomic mass is 9.96. The van der Waals surface area contributed by atoms with Crippen molar-refractivity contribution in [3.05, 3.63) is 88.5 Å². The number of halogens is 1. The first-order valence-electron chi connectivity index (χ1n) is 9.22. The van der Waals surface area contributed by atoms with Crippen LogP contribution in [-0.2, 0) is 13.0 Å². The van der Waals surface area contributed by atoms with Gasteiger partial charge in [0.05, 0.1) is 18.3 Å². The van der Waals surface area contributed by atoms with Crippen molar-refractivity contribution in [3.8, 4) is 0 Å². The number of carbonyl (C=O) groups is 1. The van der Waals surface area contributed by atoms with Gasteiger partial charge in [-0.1, -0.05) is 56.3 Å².